The highest BCUT2D eigenvalue weighted by Gasteiger charge is 2.19. The van der Waals surface area contributed by atoms with Gasteiger partial charge in [-0.05, 0) is 48.3 Å². The summed E-state index contributed by atoms with van der Waals surface area (Å²) in [5.74, 6) is 0.516. The van der Waals surface area contributed by atoms with Gasteiger partial charge in [0.05, 0.1) is 0 Å². The molecular formula is C12H16BrClN2O. The molecule has 0 N–H and O–H groups in total. The van der Waals surface area contributed by atoms with Crippen LogP contribution in [0.25, 0.3) is 0 Å². The Bertz CT molecular complexity index is 367. The summed E-state index contributed by atoms with van der Waals surface area (Å²) in [6.07, 6.45) is 2.43. The Hall–Kier alpha value is -0.610. The standard InChI is InChI=1S/C12H16BrClN2O/c1-9(2)16(7-3-6-14)12(17)11-5-4-10(13)8-15-11/h4-5,8-9H,3,6-7H2,1-2H3. The first kappa shape index (κ1) is 14.5. The molecule has 0 radical (unpaired) electrons. The summed E-state index contributed by atoms with van der Waals surface area (Å²) in [4.78, 5) is 18.1. The quantitative estimate of drug-likeness (QED) is 0.780. The number of aromatic nitrogens is 1. The van der Waals surface area contributed by atoms with Crippen LogP contribution in [0.5, 0.6) is 0 Å². The van der Waals surface area contributed by atoms with Crippen molar-refractivity contribution < 1.29 is 4.79 Å². The van der Waals surface area contributed by atoms with Crippen molar-refractivity contribution in [1.29, 1.82) is 0 Å². The third-order valence-electron chi connectivity index (χ3n) is 2.36. The third kappa shape index (κ3) is 4.28. The topological polar surface area (TPSA) is 33.2 Å². The van der Waals surface area contributed by atoms with Crippen molar-refractivity contribution in [2.45, 2.75) is 26.3 Å². The van der Waals surface area contributed by atoms with Crippen molar-refractivity contribution in [3.8, 4) is 0 Å². The summed E-state index contributed by atoms with van der Waals surface area (Å²) in [6.45, 7) is 4.65. The van der Waals surface area contributed by atoms with E-state index in [-0.39, 0.29) is 11.9 Å². The zero-order valence-electron chi connectivity index (χ0n) is 9.99. The molecule has 0 aliphatic rings. The molecule has 0 bridgehead atoms. The predicted molar refractivity (Wildman–Crippen MR) is 73.4 cm³/mol. The molecule has 5 heteroatoms. The van der Waals surface area contributed by atoms with Crippen LogP contribution in [0.3, 0.4) is 0 Å². The number of rotatable bonds is 5. The molecule has 0 aromatic carbocycles. The highest BCUT2D eigenvalue weighted by atomic mass is 79.9. The molecular weight excluding hydrogens is 304 g/mol. The van der Waals surface area contributed by atoms with Gasteiger partial charge in [-0.1, -0.05) is 0 Å². The summed E-state index contributed by atoms with van der Waals surface area (Å²) < 4.78 is 0.867. The molecule has 3 nitrogen and oxygen atoms in total. The zero-order valence-corrected chi connectivity index (χ0v) is 12.3. The van der Waals surface area contributed by atoms with Gasteiger partial charge in [0.2, 0.25) is 0 Å². The average Bonchev–Trinajstić information content (AvgIpc) is 2.29. The highest BCUT2D eigenvalue weighted by molar-refractivity contribution is 9.10. The number of alkyl halides is 1. The van der Waals surface area contributed by atoms with Crippen molar-refractivity contribution in [3.05, 3.63) is 28.5 Å². The Morgan fingerprint density at radius 2 is 2.24 bits per heavy atom. The lowest BCUT2D eigenvalue weighted by atomic mass is 10.2. The van der Waals surface area contributed by atoms with Crippen molar-refractivity contribution in [1.82, 2.24) is 9.88 Å². The zero-order chi connectivity index (χ0) is 12.8. The highest BCUT2D eigenvalue weighted by Crippen LogP contribution is 2.11. The lowest BCUT2D eigenvalue weighted by Crippen LogP contribution is -2.38. The minimum absolute atomic E-state index is 0.0439. The first-order chi connectivity index (χ1) is 8.06. The summed E-state index contributed by atoms with van der Waals surface area (Å²) in [5, 5.41) is 0. The van der Waals surface area contributed by atoms with Crippen LogP contribution in [0.15, 0.2) is 22.8 Å². The van der Waals surface area contributed by atoms with Gasteiger partial charge in [0.15, 0.2) is 0 Å². The van der Waals surface area contributed by atoms with Crippen LogP contribution in [0.2, 0.25) is 0 Å². The number of carbonyl (C=O) groups is 1. The van der Waals surface area contributed by atoms with Crippen molar-refractivity contribution >= 4 is 33.4 Å². The maximum Gasteiger partial charge on any atom is 0.272 e. The fourth-order valence-corrected chi connectivity index (χ4v) is 1.83. The Morgan fingerprint density at radius 3 is 2.71 bits per heavy atom. The first-order valence-electron chi connectivity index (χ1n) is 5.54. The van der Waals surface area contributed by atoms with E-state index in [0.717, 1.165) is 10.9 Å². The second-order valence-electron chi connectivity index (χ2n) is 4.00. The minimum Gasteiger partial charge on any atom is -0.335 e. The third-order valence-corrected chi connectivity index (χ3v) is 3.10. The number of nitrogens with zero attached hydrogens (tertiary/aromatic N) is 2. The monoisotopic (exact) mass is 318 g/mol. The molecule has 0 aliphatic carbocycles. The largest absolute Gasteiger partial charge is 0.335 e. The minimum atomic E-state index is -0.0439. The molecule has 0 atom stereocenters. The molecule has 1 aromatic rings. The number of hydrogen-bond acceptors (Lipinski definition) is 2. The van der Waals surface area contributed by atoms with E-state index in [0.29, 0.717) is 18.1 Å². The number of halogens is 2. The molecule has 0 fully saturated rings. The van der Waals surface area contributed by atoms with Crippen LogP contribution >= 0.6 is 27.5 Å². The Balaban J connectivity index is 2.80. The van der Waals surface area contributed by atoms with Gasteiger partial charge in [0.25, 0.3) is 5.91 Å². The van der Waals surface area contributed by atoms with E-state index in [9.17, 15) is 4.79 Å². The van der Waals surface area contributed by atoms with Gasteiger partial charge < -0.3 is 4.90 Å². The molecule has 0 saturated carbocycles. The van der Waals surface area contributed by atoms with E-state index in [1.165, 1.54) is 0 Å². The number of carbonyl (C=O) groups excluding carboxylic acids is 1. The lowest BCUT2D eigenvalue weighted by Gasteiger charge is -2.26. The fourth-order valence-electron chi connectivity index (χ4n) is 1.47. The van der Waals surface area contributed by atoms with Crippen molar-refractivity contribution in [3.63, 3.8) is 0 Å². The SMILES string of the molecule is CC(C)N(CCCCl)C(=O)c1ccc(Br)cn1. The molecule has 1 aromatic heterocycles. The smallest absolute Gasteiger partial charge is 0.272 e. The Labute approximate surface area is 115 Å². The summed E-state index contributed by atoms with van der Waals surface area (Å²) in [5.41, 5.74) is 0.469. The molecule has 17 heavy (non-hydrogen) atoms. The van der Waals surface area contributed by atoms with Crippen LogP contribution in [-0.4, -0.2) is 34.3 Å². The van der Waals surface area contributed by atoms with Gasteiger partial charge >= 0.3 is 0 Å². The molecule has 0 saturated heterocycles. The van der Waals surface area contributed by atoms with E-state index in [1.54, 1.807) is 17.2 Å². The number of pyridine rings is 1. The van der Waals surface area contributed by atoms with Crippen LogP contribution in [0, 0.1) is 0 Å². The van der Waals surface area contributed by atoms with Crippen LogP contribution in [-0.2, 0) is 0 Å². The summed E-state index contributed by atoms with van der Waals surface area (Å²) in [7, 11) is 0. The molecule has 1 amide bonds. The average molecular weight is 320 g/mol. The Morgan fingerprint density at radius 1 is 1.53 bits per heavy atom. The van der Waals surface area contributed by atoms with E-state index in [1.807, 2.05) is 19.9 Å². The normalized spacial score (nSPS) is 10.6. The van der Waals surface area contributed by atoms with E-state index in [4.69, 9.17) is 11.6 Å². The molecule has 0 unspecified atom stereocenters. The van der Waals surface area contributed by atoms with Gasteiger partial charge in [-0.2, -0.15) is 0 Å². The van der Waals surface area contributed by atoms with Crippen LogP contribution < -0.4 is 0 Å². The van der Waals surface area contributed by atoms with Crippen LogP contribution in [0.1, 0.15) is 30.8 Å². The second kappa shape index (κ2) is 6.97. The molecule has 1 heterocycles. The molecule has 0 spiro atoms. The Kier molecular flexibility index (Phi) is 5.92. The van der Waals surface area contributed by atoms with Gasteiger partial charge in [0.1, 0.15) is 5.69 Å². The maximum absolute atomic E-state index is 12.2. The molecule has 94 valence electrons. The van der Waals surface area contributed by atoms with Crippen LogP contribution in [0.4, 0.5) is 0 Å². The van der Waals surface area contributed by atoms with Crippen molar-refractivity contribution in [2.75, 3.05) is 12.4 Å². The van der Waals surface area contributed by atoms with Gasteiger partial charge in [0, 0.05) is 29.1 Å². The fraction of sp³-hybridized carbons (Fsp3) is 0.500. The predicted octanol–water partition coefficient (Wildman–Crippen LogP) is 3.32. The lowest BCUT2D eigenvalue weighted by molar-refractivity contribution is 0.0700. The second-order valence-corrected chi connectivity index (χ2v) is 5.29. The molecule has 1 rings (SSSR count). The number of amides is 1. The van der Waals surface area contributed by atoms with Gasteiger partial charge in [-0.3, -0.25) is 4.79 Å². The van der Waals surface area contributed by atoms with Crippen molar-refractivity contribution in [2.24, 2.45) is 0 Å². The summed E-state index contributed by atoms with van der Waals surface area (Å²) >= 11 is 8.96. The van der Waals surface area contributed by atoms with Gasteiger partial charge in [-0.25, -0.2) is 4.98 Å². The van der Waals surface area contributed by atoms with E-state index >= 15 is 0 Å². The summed E-state index contributed by atoms with van der Waals surface area (Å²) in [6, 6.07) is 3.69. The number of hydrogen-bond donors (Lipinski definition) is 0. The van der Waals surface area contributed by atoms with Gasteiger partial charge in [-0.15, -0.1) is 11.6 Å². The molecule has 0 aliphatic heterocycles. The first-order valence-corrected chi connectivity index (χ1v) is 6.87. The maximum atomic E-state index is 12.2. The van der Waals surface area contributed by atoms with E-state index < -0.39 is 0 Å². The van der Waals surface area contributed by atoms with E-state index in [2.05, 4.69) is 20.9 Å².